The highest BCUT2D eigenvalue weighted by Gasteiger charge is 2.49. The molecular weight excluding hydrogens is 408 g/mol. The Morgan fingerprint density at radius 1 is 1.16 bits per heavy atom. The third kappa shape index (κ3) is 3.90. The van der Waals surface area contributed by atoms with E-state index in [9.17, 15) is 9.59 Å². The lowest BCUT2D eigenvalue weighted by molar-refractivity contribution is -0.128. The molecule has 1 N–H and O–H groups in total. The molecule has 1 atom stereocenters. The third-order valence-electron chi connectivity index (χ3n) is 5.37. The van der Waals surface area contributed by atoms with Gasteiger partial charge in [-0.05, 0) is 82.3 Å². The smallest absolute Gasteiger partial charge is 0.277 e. The Morgan fingerprint density at radius 3 is 2.42 bits per heavy atom. The number of thiophene rings is 1. The highest BCUT2D eigenvalue weighted by molar-refractivity contribution is 7.13. The van der Waals surface area contributed by atoms with Crippen LogP contribution in [0.5, 0.6) is 0 Å². The first-order valence-corrected chi connectivity index (χ1v) is 11.2. The summed E-state index contributed by atoms with van der Waals surface area (Å²) in [6.07, 6.45) is 0. The summed E-state index contributed by atoms with van der Waals surface area (Å²) in [6, 6.07) is 11.7. The number of carbonyl (C=O) groups is 2. The summed E-state index contributed by atoms with van der Waals surface area (Å²) >= 11 is 1.58. The number of carbonyl (C=O) groups excluding carboxylic acids is 2. The zero-order valence-electron chi connectivity index (χ0n) is 18.8. The third-order valence-corrected chi connectivity index (χ3v) is 6.26. The molecule has 2 amide bonds. The maximum absolute atomic E-state index is 13.8. The van der Waals surface area contributed by atoms with Crippen molar-refractivity contribution in [2.24, 2.45) is 0 Å². The van der Waals surface area contributed by atoms with Gasteiger partial charge in [-0.25, -0.2) is 0 Å². The second-order valence-electron chi connectivity index (χ2n) is 9.51. The van der Waals surface area contributed by atoms with Gasteiger partial charge in [0, 0.05) is 11.2 Å². The lowest BCUT2D eigenvalue weighted by atomic mass is 9.92. The minimum absolute atomic E-state index is 0.202. The molecule has 4 rings (SSSR count). The first kappa shape index (κ1) is 21.3. The standard InChI is InChI=1S/C24H28N4O2S/c1-15-10-16(2)12-17(11-15)28-21(29)19-13-18(20-8-7-9-31-20)26-27(19)14-24(28,6)22(30)25-23(3,4)5/h7-13H,14H2,1-6H3,(H,25,30)/t24-/m1/s1. The maximum Gasteiger partial charge on any atom is 0.277 e. The Hall–Kier alpha value is -2.93. The Kier molecular flexibility index (Phi) is 5.04. The van der Waals surface area contributed by atoms with Crippen molar-refractivity contribution in [2.75, 3.05) is 4.90 Å². The van der Waals surface area contributed by atoms with Crippen molar-refractivity contribution in [3.63, 3.8) is 0 Å². The fraction of sp³-hybridized carbons (Fsp3) is 0.375. The molecule has 162 valence electrons. The molecule has 0 spiro atoms. The van der Waals surface area contributed by atoms with Crippen molar-refractivity contribution in [3.8, 4) is 10.6 Å². The zero-order chi connectivity index (χ0) is 22.6. The van der Waals surface area contributed by atoms with Crippen LogP contribution in [0.25, 0.3) is 10.6 Å². The number of anilines is 1. The minimum Gasteiger partial charge on any atom is -0.349 e. The van der Waals surface area contributed by atoms with Crippen LogP contribution in [0.15, 0.2) is 41.8 Å². The van der Waals surface area contributed by atoms with Gasteiger partial charge >= 0.3 is 0 Å². The summed E-state index contributed by atoms with van der Waals surface area (Å²) in [7, 11) is 0. The molecule has 0 unspecified atom stereocenters. The van der Waals surface area contributed by atoms with E-state index in [1.54, 1.807) is 20.9 Å². The Balaban J connectivity index is 1.87. The molecule has 7 heteroatoms. The molecule has 0 fully saturated rings. The van der Waals surface area contributed by atoms with Gasteiger partial charge in [0.1, 0.15) is 16.9 Å². The van der Waals surface area contributed by atoms with E-state index in [4.69, 9.17) is 0 Å². The highest BCUT2D eigenvalue weighted by atomic mass is 32.1. The van der Waals surface area contributed by atoms with Gasteiger partial charge in [0.2, 0.25) is 5.91 Å². The summed E-state index contributed by atoms with van der Waals surface area (Å²) < 4.78 is 1.68. The lowest BCUT2D eigenvalue weighted by Crippen LogP contribution is -2.66. The van der Waals surface area contributed by atoms with E-state index >= 15 is 0 Å². The summed E-state index contributed by atoms with van der Waals surface area (Å²) in [5, 5.41) is 9.74. The van der Waals surface area contributed by atoms with Crippen LogP contribution >= 0.6 is 11.3 Å². The van der Waals surface area contributed by atoms with Gasteiger partial charge in [-0.15, -0.1) is 11.3 Å². The summed E-state index contributed by atoms with van der Waals surface area (Å²) in [5.41, 5.74) is 2.49. The molecule has 0 bridgehead atoms. The van der Waals surface area contributed by atoms with Crippen LogP contribution in [0.4, 0.5) is 5.69 Å². The van der Waals surface area contributed by atoms with E-state index in [2.05, 4.69) is 16.5 Å². The van der Waals surface area contributed by atoms with Crippen LogP contribution in [-0.2, 0) is 11.3 Å². The van der Waals surface area contributed by atoms with E-state index in [0.717, 1.165) is 27.4 Å². The van der Waals surface area contributed by atoms with Crippen LogP contribution < -0.4 is 10.2 Å². The predicted molar refractivity (Wildman–Crippen MR) is 125 cm³/mol. The number of nitrogens with one attached hydrogen (secondary N) is 1. The molecule has 2 aromatic heterocycles. The van der Waals surface area contributed by atoms with Crippen LogP contribution in [0, 0.1) is 13.8 Å². The number of aryl methyl sites for hydroxylation is 2. The number of hydrogen-bond acceptors (Lipinski definition) is 4. The first-order chi connectivity index (χ1) is 14.5. The number of hydrogen-bond donors (Lipinski definition) is 1. The van der Waals surface area contributed by atoms with Crippen LogP contribution in [0.2, 0.25) is 0 Å². The summed E-state index contributed by atoms with van der Waals surface area (Å²) in [5.74, 6) is -0.426. The van der Waals surface area contributed by atoms with Crippen LogP contribution in [0.1, 0.15) is 49.3 Å². The van der Waals surface area contributed by atoms with Crippen molar-refractivity contribution in [3.05, 3.63) is 58.6 Å². The summed E-state index contributed by atoms with van der Waals surface area (Å²) in [6.45, 7) is 11.9. The second-order valence-corrected chi connectivity index (χ2v) is 10.5. The molecule has 6 nitrogen and oxygen atoms in total. The SMILES string of the molecule is Cc1cc(C)cc(N2C(=O)c3cc(-c4cccs4)nn3C[C@]2(C)C(=O)NC(C)(C)C)c1. The second kappa shape index (κ2) is 7.34. The molecule has 0 saturated heterocycles. The number of benzene rings is 1. The molecule has 1 aliphatic rings. The quantitative estimate of drug-likeness (QED) is 0.654. The molecule has 3 aromatic rings. The van der Waals surface area contributed by atoms with Gasteiger partial charge in [-0.1, -0.05) is 12.1 Å². The highest BCUT2D eigenvalue weighted by Crippen LogP contribution is 2.36. The number of fused-ring (bicyclic) bond motifs is 1. The Bertz CT molecular complexity index is 1140. The van der Waals surface area contributed by atoms with Crippen molar-refractivity contribution in [2.45, 2.75) is 59.2 Å². The average Bonchev–Trinajstić information content (AvgIpc) is 3.28. The topological polar surface area (TPSA) is 67.2 Å². The Labute approximate surface area is 186 Å². The van der Waals surface area contributed by atoms with E-state index in [1.165, 1.54) is 0 Å². The molecule has 0 radical (unpaired) electrons. The summed E-state index contributed by atoms with van der Waals surface area (Å²) in [4.78, 5) is 30.0. The number of rotatable bonds is 3. The number of amides is 2. The molecule has 0 aliphatic carbocycles. The van der Waals surface area contributed by atoms with Crippen molar-refractivity contribution in [1.29, 1.82) is 0 Å². The fourth-order valence-electron chi connectivity index (χ4n) is 4.09. The van der Waals surface area contributed by atoms with Crippen molar-refractivity contribution < 1.29 is 9.59 Å². The van der Waals surface area contributed by atoms with Crippen molar-refractivity contribution >= 4 is 28.8 Å². The van der Waals surface area contributed by atoms with Gasteiger partial charge in [0.15, 0.2) is 0 Å². The van der Waals surface area contributed by atoms with Gasteiger partial charge in [-0.3, -0.25) is 19.2 Å². The molecular formula is C24H28N4O2S. The molecule has 1 aliphatic heterocycles. The predicted octanol–water partition coefficient (Wildman–Crippen LogP) is 4.56. The van der Waals surface area contributed by atoms with E-state index < -0.39 is 11.1 Å². The number of nitrogens with zero attached hydrogens (tertiary/aromatic N) is 3. The van der Waals surface area contributed by atoms with Gasteiger partial charge in [-0.2, -0.15) is 5.10 Å². The van der Waals surface area contributed by atoms with Crippen LogP contribution in [0.3, 0.4) is 0 Å². The number of aromatic nitrogens is 2. The molecule has 0 saturated carbocycles. The van der Waals surface area contributed by atoms with Gasteiger partial charge in [0.25, 0.3) is 5.91 Å². The minimum atomic E-state index is -1.13. The molecule has 3 heterocycles. The maximum atomic E-state index is 13.8. The normalized spacial score (nSPS) is 18.8. The van der Waals surface area contributed by atoms with Crippen molar-refractivity contribution in [1.82, 2.24) is 15.1 Å². The van der Waals surface area contributed by atoms with E-state index in [1.807, 2.05) is 77.3 Å². The van der Waals surface area contributed by atoms with E-state index in [0.29, 0.717) is 5.69 Å². The van der Waals surface area contributed by atoms with Gasteiger partial charge < -0.3 is 5.32 Å². The Morgan fingerprint density at radius 2 is 1.84 bits per heavy atom. The first-order valence-electron chi connectivity index (χ1n) is 10.4. The zero-order valence-corrected chi connectivity index (χ0v) is 19.6. The average molecular weight is 437 g/mol. The van der Waals surface area contributed by atoms with Crippen LogP contribution in [-0.4, -0.2) is 32.7 Å². The van der Waals surface area contributed by atoms with Gasteiger partial charge in [0.05, 0.1) is 11.4 Å². The molecule has 1 aromatic carbocycles. The molecule has 31 heavy (non-hydrogen) atoms. The van der Waals surface area contributed by atoms with E-state index in [-0.39, 0.29) is 18.4 Å². The monoisotopic (exact) mass is 436 g/mol. The fourth-order valence-corrected chi connectivity index (χ4v) is 4.77. The lowest BCUT2D eigenvalue weighted by Gasteiger charge is -2.44. The largest absolute Gasteiger partial charge is 0.349 e.